The number of aliphatic imine (C=N–C) groups is 1. The Labute approximate surface area is 121 Å². The van der Waals surface area contributed by atoms with Gasteiger partial charge in [-0.3, -0.25) is 4.99 Å². The number of aromatic amines is 1. The molecule has 3 rings (SSSR count). The molecule has 0 amide bonds. The zero-order valence-electron chi connectivity index (χ0n) is 11.6. The fourth-order valence-electron chi connectivity index (χ4n) is 2.37. The van der Waals surface area contributed by atoms with E-state index in [1.54, 1.807) is 12.3 Å². The summed E-state index contributed by atoms with van der Waals surface area (Å²) in [6, 6.07) is 12.2. The van der Waals surface area contributed by atoms with Crippen molar-refractivity contribution in [3.63, 3.8) is 0 Å². The van der Waals surface area contributed by atoms with Gasteiger partial charge < -0.3 is 10.1 Å². The van der Waals surface area contributed by atoms with Gasteiger partial charge in [0.1, 0.15) is 5.82 Å². The van der Waals surface area contributed by atoms with Gasteiger partial charge in [0.25, 0.3) is 0 Å². The minimum absolute atomic E-state index is 0.00618. The molecule has 0 atom stereocenters. The van der Waals surface area contributed by atoms with Gasteiger partial charge in [0, 0.05) is 17.1 Å². The number of hydrogen-bond acceptors (Lipinski definition) is 2. The molecular weight excluding hydrogens is 267 g/mol. The number of aromatic nitrogens is 1. The minimum atomic E-state index is -0.342. The second-order valence-corrected chi connectivity index (χ2v) is 4.82. The molecule has 0 unspecified atom stereocenters. The highest BCUT2D eigenvalue weighted by Gasteiger charge is 2.09. The standard InChI is InChI=1S/C17H15FN2O/c1-2-11-5-3-4-6-15(11)19-10-14-13-9-12(18)7-8-16(13)20-17(14)21/h3-10,20-21H,2H2,1H3. The van der Waals surface area contributed by atoms with Crippen LogP contribution >= 0.6 is 0 Å². The summed E-state index contributed by atoms with van der Waals surface area (Å²) in [6.45, 7) is 2.06. The molecule has 1 heterocycles. The molecule has 2 N–H and O–H groups in total. The van der Waals surface area contributed by atoms with Gasteiger partial charge in [-0.15, -0.1) is 0 Å². The zero-order valence-corrected chi connectivity index (χ0v) is 11.6. The van der Waals surface area contributed by atoms with E-state index in [0.717, 1.165) is 17.7 Å². The molecule has 4 heteroatoms. The predicted octanol–water partition coefficient (Wildman–Crippen LogP) is 4.33. The van der Waals surface area contributed by atoms with Crippen LogP contribution in [0.15, 0.2) is 47.5 Å². The van der Waals surface area contributed by atoms with Crippen molar-refractivity contribution in [1.82, 2.24) is 4.98 Å². The van der Waals surface area contributed by atoms with Crippen LogP contribution < -0.4 is 0 Å². The third kappa shape index (κ3) is 2.52. The highest BCUT2D eigenvalue weighted by Crippen LogP contribution is 2.27. The molecule has 2 aromatic carbocycles. The first-order chi connectivity index (χ1) is 10.2. The van der Waals surface area contributed by atoms with E-state index in [9.17, 15) is 9.50 Å². The average molecular weight is 282 g/mol. The lowest BCUT2D eigenvalue weighted by molar-refractivity contribution is 0.457. The molecule has 0 saturated heterocycles. The Bertz CT molecular complexity index is 821. The van der Waals surface area contributed by atoms with E-state index in [-0.39, 0.29) is 11.7 Å². The Hall–Kier alpha value is -2.62. The van der Waals surface area contributed by atoms with Crippen molar-refractivity contribution in [3.05, 3.63) is 59.4 Å². The lowest BCUT2D eigenvalue weighted by atomic mass is 10.1. The monoisotopic (exact) mass is 282 g/mol. The van der Waals surface area contributed by atoms with Crippen molar-refractivity contribution in [2.75, 3.05) is 0 Å². The highest BCUT2D eigenvalue weighted by molar-refractivity contribution is 6.02. The van der Waals surface area contributed by atoms with Crippen molar-refractivity contribution in [2.24, 2.45) is 4.99 Å². The molecular formula is C17H15FN2O. The molecule has 0 radical (unpaired) electrons. The largest absolute Gasteiger partial charge is 0.494 e. The predicted molar refractivity (Wildman–Crippen MR) is 83.0 cm³/mol. The number of halogens is 1. The molecule has 0 bridgehead atoms. The van der Waals surface area contributed by atoms with E-state index in [1.165, 1.54) is 12.1 Å². The molecule has 0 aliphatic heterocycles. The summed E-state index contributed by atoms with van der Waals surface area (Å²) in [7, 11) is 0. The van der Waals surface area contributed by atoms with E-state index in [1.807, 2.05) is 24.3 Å². The maximum Gasteiger partial charge on any atom is 0.198 e. The Morgan fingerprint density at radius 1 is 1.24 bits per heavy atom. The number of nitrogens with zero attached hydrogens (tertiary/aromatic N) is 1. The van der Waals surface area contributed by atoms with E-state index in [0.29, 0.717) is 16.5 Å². The number of aryl methyl sites for hydroxylation is 1. The third-order valence-corrected chi connectivity index (χ3v) is 3.49. The number of nitrogens with one attached hydrogen (secondary N) is 1. The number of aromatic hydroxyl groups is 1. The number of hydrogen-bond donors (Lipinski definition) is 2. The van der Waals surface area contributed by atoms with Gasteiger partial charge in [-0.05, 0) is 36.2 Å². The number of para-hydroxylation sites is 1. The third-order valence-electron chi connectivity index (χ3n) is 3.49. The van der Waals surface area contributed by atoms with Gasteiger partial charge in [-0.25, -0.2) is 4.39 Å². The molecule has 0 aliphatic rings. The summed E-state index contributed by atoms with van der Waals surface area (Å²) in [5, 5.41) is 10.6. The summed E-state index contributed by atoms with van der Waals surface area (Å²) < 4.78 is 13.4. The quantitative estimate of drug-likeness (QED) is 0.690. The van der Waals surface area contributed by atoms with Crippen LogP contribution in [0.4, 0.5) is 10.1 Å². The van der Waals surface area contributed by atoms with Gasteiger partial charge in [-0.2, -0.15) is 0 Å². The molecule has 0 fully saturated rings. The Balaban J connectivity index is 2.07. The average Bonchev–Trinajstić information content (AvgIpc) is 2.80. The van der Waals surface area contributed by atoms with E-state index in [2.05, 4.69) is 16.9 Å². The molecule has 3 nitrogen and oxygen atoms in total. The maximum atomic E-state index is 13.4. The summed E-state index contributed by atoms with van der Waals surface area (Å²) >= 11 is 0. The number of fused-ring (bicyclic) bond motifs is 1. The van der Waals surface area contributed by atoms with Crippen molar-refractivity contribution in [3.8, 4) is 5.88 Å². The summed E-state index contributed by atoms with van der Waals surface area (Å²) in [5.74, 6) is -0.349. The van der Waals surface area contributed by atoms with Crippen LogP contribution in [0.1, 0.15) is 18.1 Å². The molecule has 0 aliphatic carbocycles. The Morgan fingerprint density at radius 3 is 2.86 bits per heavy atom. The molecule has 106 valence electrons. The minimum Gasteiger partial charge on any atom is -0.494 e. The second kappa shape index (κ2) is 5.40. The van der Waals surface area contributed by atoms with Crippen LogP contribution in [0, 0.1) is 5.82 Å². The first-order valence-corrected chi connectivity index (χ1v) is 6.81. The topological polar surface area (TPSA) is 48.4 Å². The first-order valence-electron chi connectivity index (χ1n) is 6.81. The zero-order chi connectivity index (χ0) is 14.8. The van der Waals surface area contributed by atoms with E-state index < -0.39 is 0 Å². The van der Waals surface area contributed by atoms with E-state index >= 15 is 0 Å². The van der Waals surface area contributed by atoms with Crippen molar-refractivity contribution in [1.29, 1.82) is 0 Å². The number of benzene rings is 2. The molecule has 3 aromatic rings. The van der Waals surface area contributed by atoms with Crippen molar-refractivity contribution >= 4 is 22.8 Å². The Morgan fingerprint density at radius 2 is 2.05 bits per heavy atom. The Kier molecular flexibility index (Phi) is 3.44. The number of H-pyrrole nitrogens is 1. The lowest BCUT2D eigenvalue weighted by Crippen LogP contribution is -1.83. The van der Waals surface area contributed by atoms with Crippen LogP contribution in [0.5, 0.6) is 5.88 Å². The van der Waals surface area contributed by atoms with Crippen molar-refractivity contribution < 1.29 is 9.50 Å². The van der Waals surface area contributed by atoms with E-state index in [4.69, 9.17) is 0 Å². The molecule has 0 saturated carbocycles. The molecule has 1 aromatic heterocycles. The van der Waals surface area contributed by atoms with Crippen LogP contribution in [-0.4, -0.2) is 16.3 Å². The first kappa shape index (κ1) is 13.4. The van der Waals surface area contributed by atoms with Gasteiger partial charge >= 0.3 is 0 Å². The lowest BCUT2D eigenvalue weighted by Gasteiger charge is -2.01. The summed E-state index contributed by atoms with van der Waals surface area (Å²) in [4.78, 5) is 7.25. The summed E-state index contributed by atoms with van der Waals surface area (Å²) in [6.07, 6.45) is 2.45. The molecule has 21 heavy (non-hydrogen) atoms. The van der Waals surface area contributed by atoms with Crippen molar-refractivity contribution in [2.45, 2.75) is 13.3 Å². The SMILES string of the molecule is CCc1ccccc1N=Cc1c(O)[nH]c2ccc(F)cc12. The van der Waals surface area contributed by atoms with Gasteiger partial charge in [0.15, 0.2) is 5.88 Å². The van der Waals surface area contributed by atoms with Gasteiger partial charge in [-0.1, -0.05) is 25.1 Å². The van der Waals surface area contributed by atoms with Crippen LogP contribution in [-0.2, 0) is 6.42 Å². The molecule has 0 spiro atoms. The highest BCUT2D eigenvalue weighted by atomic mass is 19.1. The van der Waals surface area contributed by atoms with Crippen LogP contribution in [0.25, 0.3) is 10.9 Å². The normalized spacial score (nSPS) is 11.5. The fraction of sp³-hybridized carbons (Fsp3) is 0.118. The van der Waals surface area contributed by atoms with Crippen LogP contribution in [0.3, 0.4) is 0 Å². The smallest absolute Gasteiger partial charge is 0.198 e. The maximum absolute atomic E-state index is 13.4. The van der Waals surface area contributed by atoms with Gasteiger partial charge in [0.05, 0.1) is 11.3 Å². The fourth-order valence-corrected chi connectivity index (χ4v) is 2.37. The second-order valence-electron chi connectivity index (χ2n) is 4.82. The van der Waals surface area contributed by atoms with Gasteiger partial charge in [0.2, 0.25) is 0 Å². The van der Waals surface area contributed by atoms with Crippen LogP contribution in [0.2, 0.25) is 0 Å². The summed E-state index contributed by atoms with van der Waals surface area (Å²) in [5.41, 5.74) is 3.15. The number of rotatable bonds is 3.